The molecular weight excluding hydrogens is 342 g/mol. The first-order valence-electron chi connectivity index (χ1n) is 8.95. The Labute approximate surface area is 152 Å². The van der Waals surface area contributed by atoms with Crippen LogP contribution in [0.25, 0.3) is 0 Å². The van der Waals surface area contributed by atoms with Gasteiger partial charge in [0.25, 0.3) is 0 Å². The lowest BCUT2D eigenvalue weighted by molar-refractivity contribution is -0.222. The Morgan fingerprint density at radius 3 is 2.88 bits per heavy atom. The predicted octanol–water partition coefficient (Wildman–Crippen LogP) is 1.01. The fourth-order valence-corrected chi connectivity index (χ4v) is 3.30. The molecule has 1 aromatic rings. The predicted molar refractivity (Wildman–Crippen MR) is 89.0 cm³/mol. The normalized spacial score (nSPS) is 29.0. The second kappa shape index (κ2) is 7.47. The highest BCUT2D eigenvalue weighted by molar-refractivity contribution is 5.67. The molecule has 26 heavy (non-hydrogen) atoms. The van der Waals surface area contributed by atoms with Crippen molar-refractivity contribution < 1.29 is 24.3 Å². The molecule has 0 spiro atoms. The monoisotopic (exact) mass is 369 g/mol. The fourth-order valence-electron chi connectivity index (χ4n) is 3.30. The van der Waals surface area contributed by atoms with Gasteiger partial charge in [-0.2, -0.15) is 0 Å². The van der Waals surface area contributed by atoms with Crippen LogP contribution in [0.3, 0.4) is 0 Å². The van der Waals surface area contributed by atoms with Crippen molar-refractivity contribution in [2.75, 3.05) is 13.1 Å². The molecule has 2 aliphatic rings. The number of aryl methyl sites for hydroxylation is 1. The first kappa shape index (κ1) is 19.0. The lowest BCUT2D eigenvalue weighted by atomic mass is 10.0. The smallest absolute Gasteiger partial charge is 0.407 e. The van der Waals surface area contributed by atoms with Crippen LogP contribution in [0.15, 0.2) is 4.42 Å². The number of rotatable bonds is 5. The topological polar surface area (TPSA) is 124 Å². The minimum absolute atomic E-state index is 0.0532. The summed E-state index contributed by atoms with van der Waals surface area (Å²) >= 11 is 0. The summed E-state index contributed by atoms with van der Waals surface area (Å²) in [5, 5.41) is 31.7. The van der Waals surface area contributed by atoms with Crippen molar-refractivity contribution in [2.45, 2.75) is 70.5 Å². The molecule has 2 aliphatic heterocycles. The van der Waals surface area contributed by atoms with Gasteiger partial charge in [-0.15, -0.1) is 15.3 Å². The second-order valence-electron chi connectivity index (χ2n) is 7.74. The van der Waals surface area contributed by atoms with Crippen LogP contribution in [0.5, 0.6) is 0 Å². The van der Waals surface area contributed by atoms with Crippen LogP contribution < -0.4 is 5.32 Å². The third-order valence-corrected chi connectivity index (χ3v) is 4.51. The minimum atomic E-state index is -1.04. The number of aromatic nitrogens is 2. The molecular formula is C16H27N5O5. The van der Waals surface area contributed by atoms with Gasteiger partial charge in [-0.05, 0) is 40.0 Å². The summed E-state index contributed by atoms with van der Waals surface area (Å²) in [6.45, 7) is 6.45. The van der Waals surface area contributed by atoms with Crippen molar-refractivity contribution in [3.63, 3.8) is 0 Å². The van der Waals surface area contributed by atoms with Crippen molar-refractivity contribution in [1.29, 1.82) is 0 Å². The van der Waals surface area contributed by atoms with Gasteiger partial charge >= 0.3 is 6.09 Å². The van der Waals surface area contributed by atoms with Gasteiger partial charge < -0.3 is 24.8 Å². The molecule has 0 aliphatic carbocycles. The van der Waals surface area contributed by atoms with Crippen LogP contribution in [-0.2, 0) is 11.2 Å². The number of hydrogen-bond acceptors (Lipinski definition) is 9. The van der Waals surface area contributed by atoms with Crippen molar-refractivity contribution in [3.05, 3.63) is 11.8 Å². The lowest BCUT2D eigenvalue weighted by Gasteiger charge is -2.29. The number of amides is 1. The average Bonchev–Trinajstić information content (AvgIpc) is 3.11. The zero-order valence-electron chi connectivity index (χ0n) is 15.4. The zero-order valence-corrected chi connectivity index (χ0v) is 15.4. The van der Waals surface area contributed by atoms with Crippen LogP contribution in [0.1, 0.15) is 57.9 Å². The molecule has 1 amide bonds. The largest absolute Gasteiger partial charge is 0.444 e. The van der Waals surface area contributed by atoms with E-state index >= 15 is 0 Å². The SMILES string of the molecule is CC(C)(C)OC(=O)NCCCc1nnc(C2CCC3CN2C(O)N3O)o1. The molecule has 4 atom stereocenters. The number of alkyl carbamates (subject to hydrolysis) is 1. The highest BCUT2D eigenvalue weighted by Gasteiger charge is 2.47. The summed E-state index contributed by atoms with van der Waals surface area (Å²) in [6.07, 6.45) is 1.18. The average molecular weight is 369 g/mol. The van der Waals surface area contributed by atoms with Crippen LogP contribution >= 0.6 is 0 Å². The highest BCUT2D eigenvalue weighted by Crippen LogP contribution is 2.38. The standard InChI is InChI=1S/C16H27N5O5/c1-16(2,3)26-14(22)17-8-4-5-12-18-19-13(25-12)11-7-6-10-9-20(11)15(23)21(10)24/h10-11,15,23-24H,4-9H2,1-3H3,(H,17,22). The van der Waals surface area contributed by atoms with E-state index in [1.54, 1.807) is 4.90 Å². The van der Waals surface area contributed by atoms with Gasteiger partial charge in [0, 0.05) is 19.5 Å². The van der Waals surface area contributed by atoms with E-state index in [0.29, 0.717) is 37.7 Å². The quantitative estimate of drug-likeness (QED) is 0.652. The Morgan fingerprint density at radius 2 is 2.15 bits per heavy atom. The third kappa shape index (κ3) is 4.32. The van der Waals surface area contributed by atoms with Crippen LogP contribution in [0, 0.1) is 0 Å². The molecule has 0 aromatic carbocycles. The molecule has 0 saturated carbocycles. The number of carbonyl (C=O) groups is 1. The number of aliphatic hydroxyl groups is 1. The maximum atomic E-state index is 11.6. The van der Waals surface area contributed by atoms with E-state index < -0.39 is 18.0 Å². The number of piperidine rings is 1. The highest BCUT2D eigenvalue weighted by atomic mass is 16.6. The van der Waals surface area contributed by atoms with E-state index in [4.69, 9.17) is 9.15 Å². The van der Waals surface area contributed by atoms with Gasteiger partial charge in [-0.3, -0.25) is 4.90 Å². The number of ether oxygens (including phenoxy) is 1. The van der Waals surface area contributed by atoms with E-state index in [1.165, 1.54) is 0 Å². The van der Waals surface area contributed by atoms with Crippen LogP contribution in [0.2, 0.25) is 0 Å². The number of aliphatic hydroxyl groups excluding tert-OH is 1. The van der Waals surface area contributed by atoms with Crippen LogP contribution in [-0.4, -0.2) is 67.7 Å². The summed E-state index contributed by atoms with van der Waals surface area (Å²) in [6, 6.07) is -0.248. The van der Waals surface area contributed by atoms with Gasteiger partial charge in [0.1, 0.15) is 5.60 Å². The molecule has 0 radical (unpaired) electrons. The molecule has 10 nitrogen and oxygen atoms in total. The Bertz CT molecular complexity index is 631. The number of nitrogens with one attached hydrogen (secondary N) is 1. The summed E-state index contributed by atoms with van der Waals surface area (Å²) in [5.74, 6) is 0.940. The van der Waals surface area contributed by atoms with Gasteiger partial charge in [0.05, 0.1) is 12.1 Å². The Balaban J connectivity index is 1.46. The maximum absolute atomic E-state index is 11.6. The first-order valence-corrected chi connectivity index (χ1v) is 8.95. The van der Waals surface area contributed by atoms with Crippen molar-refractivity contribution >= 4 is 6.09 Å². The maximum Gasteiger partial charge on any atom is 0.407 e. The summed E-state index contributed by atoms with van der Waals surface area (Å²) in [7, 11) is 0. The summed E-state index contributed by atoms with van der Waals surface area (Å²) in [4.78, 5) is 13.3. The van der Waals surface area contributed by atoms with E-state index in [-0.39, 0.29) is 12.1 Å². The Hall–Kier alpha value is -1.75. The van der Waals surface area contributed by atoms with Crippen molar-refractivity contribution in [2.24, 2.45) is 0 Å². The molecule has 2 fully saturated rings. The van der Waals surface area contributed by atoms with Gasteiger partial charge in [-0.25, -0.2) is 4.79 Å². The molecule has 1 aromatic heterocycles. The number of carbonyl (C=O) groups excluding carboxylic acids is 1. The van der Waals surface area contributed by atoms with E-state index in [0.717, 1.165) is 17.9 Å². The van der Waals surface area contributed by atoms with Gasteiger partial charge in [0.2, 0.25) is 11.8 Å². The Morgan fingerprint density at radius 1 is 1.38 bits per heavy atom. The number of hydroxylamine groups is 2. The molecule has 4 unspecified atom stereocenters. The summed E-state index contributed by atoms with van der Waals surface area (Å²) in [5.41, 5.74) is -0.519. The molecule has 3 rings (SSSR count). The second-order valence-corrected chi connectivity index (χ2v) is 7.74. The van der Waals surface area contributed by atoms with Crippen molar-refractivity contribution in [1.82, 2.24) is 25.5 Å². The lowest BCUT2D eigenvalue weighted by Crippen LogP contribution is -2.38. The van der Waals surface area contributed by atoms with E-state index in [1.807, 2.05) is 20.8 Å². The minimum Gasteiger partial charge on any atom is -0.444 e. The third-order valence-electron chi connectivity index (χ3n) is 4.51. The van der Waals surface area contributed by atoms with E-state index in [2.05, 4.69) is 15.5 Å². The van der Waals surface area contributed by atoms with Crippen molar-refractivity contribution in [3.8, 4) is 0 Å². The molecule has 2 bridgehead atoms. The number of hydrogen-bond donors (Lipinski definition) is 3. The van der Waals surface area contributed by atoms with E-state index in [9.17, 15) is 15.1 Å². The number of nitrogens with zero attached hydrogens (tertiary/aromatic N) is 4. The summed E-state index contributed by atoms with van der Waals surface area (Å²) < 4.78 is 10.9. The fraction of sp³-hybridized carbons (Fsp3) is 0.812. The number of fused-ring (bicyclic) bond motifs is 2. The van der Waals surface area contributed by atoms with Crippen LogP contribution in [0.4, 0.5) is 4.79 Å². The Kier molecular flexibility index (Phi) is 5.47. The molecule has 2 saturated heterocycles. The zero-order chi connectivity index (χ0) is 18.9. The molecule has 3 heterocycles. The van der Waals surface area contributed by atoms with Gasteiger partial charge in [0.15, 0.2) is 6.35 Å². The first-order chi connectivity index (χ1) is 12.2. The molecule has 10 heteroatoms. The molecule has 3 N–H and O–H groups in total. The molecule has 146 valence electrons. The van der Waals surface area contributed by atoms with Gasteiger partial charge in [-0.1, -0.05) is 0 Å².